The molecule has 3 N–H and O–H groups in total. The minimum absolute atomic E-state index is 0.546. The molecule has 1 aromatic carbocycles. The van der Waals surface area contributed by atoms with Crippen LogP contribution in [0.2, 0.25) is 0 Å². The van der Waals surface area contributed by atoms with Crippen LogP contribution in [-0.4, -0.2) is 11.5 Å². The Balaban J connectivity index is 2.21. The molecule has 2 aromatic rings. The van der Waals surface area contributed by atoms with Gasteiger partial charge in [0.05, 0.1) is 0 Å². The first-order valence-corrected chi connectivity index (χ1v) is 7.05. The Morgan fingerprint density at radius 1 is 1.39 bits per heavy atom. The molecule has 2 nitrogen and oxygen atoms in total. The Labute approximate surface area is 109 Å². The summed E-state index contributed by atoms with van der Waals surface area (Å²) in [5, 5.41) is 1.41. The van der Waals surface area contributed by atoms with E-state index in [1.165, 1.54) is 47.0 Å². The highest BCUT2D eigenvalue weighted by atomic mass is 14.7. The third kappa shape index (κ3) is 1.76. The molecule has 1 aliphatic rings. The minimum Gasteiger partial charge on any atom is -0.358 e. The molecule has 1 heterocycles. The van der Waals surface area contributed by atoms with E-state index in [4.69, 9.17) is 5.73 Å². The molecule has 0 fully saturated rings. The fourth-order valence-corrected chi connectivity index (χ4v) is 3.21. The number of aromatic amines is 1. The van der Waals surface area contributed by atoms with Gasteiger partial charge >= 0.3 is 0 Å². The first kappa shape index (κ1) is 11.8. The van der Waals surface area contributed by atoms with Crippen molar-refractivity contribution in [3.8, 4) is 0 Å². The standard InChI is InChI=1S/C16H22N2/c1-10(2)11-6-7-14-13(8-11)16-12(9-17)4-3-5-15(16)18-14/h6-8,10,12,18H,3-5,9,17H2,1-2H3. The summed E-state index contributed by atoms with van der Waals surface area (Å²) in [5.41, 5.74) is 11.6. The number of hydrogen-bond donors (Lipinski definition) is 2. The topological polar surface area (TPSA) is 41.8 Å². The molecule has 2 heteroatoms. The fourth-order valence-electron chi connectivity index (χ4n) is 3.21. The highest BCUT2D eigenvalue weighted by Gasteiger charge is 2.23. The highest BCUT2D eigenvalue weighted by molar-refractivity contribution is 5.86. The van der Waals surface area contributed by atoms with Crippen LogP contribution in [0.3, 0.4) is 0 Å². The normalized spacial score (nSPS) is 19.4. The zero-order chi connectivity index (χ0) is 12.7. The zero-order valence-corrected chi connectivity index (χ0v) is 11.3. The monoisotopic (exact) mass is 242 g/mol. The van der Waals surface area contributed by atoms with Crippen molar-refractivity contribution in [1.29, 1.82) is 0 Å². The highest BCUT2D eigenvalue weighted by Crippen LogP contribution is 2.37. The van der Waals surface area contributed by atoms with E-state index in [9.17, 15) is 0 Å². The van der Waals surface area contributed by atoms with Gasteiger partial charge in [-0.1, -0.05) is 19.9 Å². The van der Waals surface area contributed by atoms with Gasteiger partial charge in [-0.25, -0.2) is 0 Å². The van der Waals surface area contributed by atoms with E-state index in [0.717, 1.165) is 6.54 Å². The van der Waals surface area contributed by atoms with Crippen LogP contribution in [0.4, 0.5) is 0 Å². The largest absolute Gasteiger partial charge is 0.358 e. The van der Waals surface area contributed by atoms with E-state index < -0.39 is 0 Å². The fraction of sp³-hybridized carbons (Fsp3) is 0.500. The molecule has 1 aromatic heterocycles. The summed E-state index contributed by atoms with van der Waals surface area (Å²) in [6, 6.07) is 6.84. The van der Waals surface area contributed by atoms with Crippen LogP contribution >= 0.6 is 0 Å². The Morgan fingerprint density at radius 2 is 2.22 bits per heavy atom. The van der Waals surface area contributed by atoms with Crippen molar-refractivity contribution in [2.24, 2.45) is 5.73 Å². The maximum Gasteiger partial charge on any atom is 0.0459 e. The summed E-state index contributed by atoms with van der Waals surface area (Å²) in [7, 11) is 0. The van der Waals surface area contributed by atoms with Crippen LogP contribution in [-0.2, 0) is 6.42 Å². The van der Waals surface area contributed by atoms with Crippen LogP contribution in [0.15, 0.2) is 18.2 Å². The van der Waals surface area contributed by atoms with E-state index in [1.807, 2.05) is 0 Å². The Kier molecular flexibility index (Phi) is 2.90. The predicted molar refractivity (Wildman–Crippen MR) is 77.1 cm³/mol. The first-order valence-electron chi connectivity index (χ1n) is 7.05. The summed E-state index contributed by atoms with van der Waals surface area (Å²) in [6.45, 7) is 5.27. The van der Waals surface area contributed by atoms with E-state index in [2.05, 4.69) is 37.0 Å². The maximum atomic E-state index is 5.95. The molecule has 0 aliphatic heterocycles. The van der Waals surface area contributed by atoms with Gasteiger partial charge in [-0.3, -0.25) is 0 Å². The lowest BCUT2D eigenvalue weighted by Gasteiger charge is -2.21. The van der Waals surface area contributed by atoms with Gasteiger partial charge in [0.1, 0.15) is 0 Å². The lowest BCUT2D eigenvalue weighted by molar-refractivity contribution is 0.560. The van der Waals surface area contributed by atoms with Crippen LogP contribution in [0.5, 0.6) is 0 Å². The average molecular weight is 242 g/mol. The first-order chi connectivity index (χ1) is 8.70. The number of benzene rings is 1. The second-order valence-corrected chi connectivity index (χ2v) is 5.80. The van der Waals surface area contributed by atoms with E-state index in [0.29, 0.717) is 11.8 Å². The molecule has 0 saturated carbocycles. The van der Waals surface area contributed by atoms with Crippen molar-refractivity contribution in [2.45, 2.75) is 44.9 Å². The minimum atomic E-state index is 0.546. The molecule has 1 atom stereocenters. The summed E-state index contributed by atoms with van der Waals surface area (Å²) < 4.78 is 0. The number of aryl methyl sites for hydroxylation is 1. The van der Waals surface area contributed by atoms with Crippen molar-refractivity contribution < 1.29 is 0 Å². The van der Waals surface area contributed by atoms with Crippen LogP contribution in [0.25, 0.3) is 10.9 Å². The van der Waals surface area contributed by atoms with Gasteiger partial charge in [-0.15, -0.1) is 0 Å². The van der Waals surface area contributed by atoms with Crippen molar-refractivity contribution in [3.63, 3.8) is 0 Å². The number of aromatic nitrogens is 1. The average Bonchev–Trinajstić information content (AvgIpc) is 2.75. The Bertz CT molecular complexity index is 566. The molecule has 1 aliphatic carbocycles. The number of nitrogens with one attached hydrogen (secondary N) is 1. The lowest BCUT2D eigenvalue weighted by Crippen LogP contribution is -2.17. The van der Waals surface area contributed by atoms with E-state index in [-0.39, 0.29) is 0 Å². The molecule has 0 spiro atoms. The third-order valence-electron chi connectivity index (χ3n) is 4.28. The summed E-state index contributed by atoms with van der Waals surface area (Å²) in [4.78, 5) is 3.59. The maximum absolute atomic E-state index is 5.95. The smallest absolute Gasteiger partial charge is 0.0459 e. The lowest BCUT2D eigenvalue weighted by atomic mass is 9.84. The molecule has 0 saturated heterocycles. The van der Waals surface area contributed by atoms with Gasteiger partial charge in [-0.2, -0.15) is 0 Å². The van der Waals surface area contributed by atoms with Crippen molar-refractivity contribution in [3.05, 3.63) is 35.0 Å². The molecule has 0 bridgehead atoms. The van der Waals surface area contributed by atoms with Gasteiger partial charge in [0, 0.05) is 16.6 Å². The van der Waals surface area contributed by atoms with E-state index in [1.54, 1.807) is 0 Å². The Morgan fingerprint density at radius 3 is 2.94 bits per heavy atom. The summed E-state index contributed by atoms with van der Waals surface area (Å²) >= 11 is 0. The van der Waals surface area contributed by atoms with Gasteiger partial charge in [0.2, 0.25) is 0 Å². The molecule has 0 amide bonds. The zero-order valence-electron chi connectivity index (χ0n) is 11.3. The van der Waals surface area contributed by atoms with Crippen LogP contribution in [0, 0.1) is 0 Å². The van der Waals surface area contributed by atoms with Gasteiger partial charge in [-0.05, 0) is 60.9 Å². The molecule has 18 heavy (non-hydrogen) atoms. The molecule has 96 valence electrons. The van der Waals surface area contributed by atoms with Crippen LogP contribution in [0.1, 0.15) is 55.3 Å². The second kappa shape index (κ2) is 4.43. The van der Waals surface area contributed by atoms with Crippen molar-refractivity contribution in [1.82, 2.24) is 4.98 Å². The van der Waals surface area contributed by atoms with Gasteiger partial charge in [0.25, 0.3) is 0 Å². The van der Waals surface area contributed by atoms with Gasteiger partial charge in [0.15, 0.2) is 0 Å². The quantitative estimate of drug-likeness (QED) is 0.829. The molecule has 0 radical (unpaired) electrons. The van der Waals surface area contributed by atoms with Crippen LogP contribution < -0.4 is 5.73 Å². The number of H-pyrrole nitrogens is 1. The van der Waals surface area contributed by atoms with Crippen molar-refractivity contribution in [2.75, 3.05) is 6.54 Å². The number of fused-ring (bicyclic) bond motifs is 3. The van der Waals surface area contributed by atoms with Gasteiger partial charge < -0.3 is 10.7 Å². The summed E-state index contributed by atoms with van der Waals surface area (Å²) in [5.74, 6) is 1.13. The van der Waals surface area contributed by atoms with Crippen molar-refractivity contribution >= 4 is 10.9 Å². The van der Waals surface area contributed by atoms with E-state index >= 15 is 0 Å². The predicted octanol–water partition coefficient (Wildman–Crippen LogP) is 3.67. The Hall–Kier alpha value is -1.28. The number of hydrogen-bond acceptors (Lipinski definition) is 1. The number of nitrogens with two attached hydrogens (primary N) is 1. The second-order valence-electron chi connectivity index (χ2n) is 5.80. The third-order valence-corrected chi connectivity index (χ3v) is 4.28. The number of rotatable bonds is 2. The molecular formula is C16H22N2. The SMILES string of the molecule is CC(C)c1ccc2[nH]c3c(c2c1)C(CN)CCC3. The molecule has 3 rings (SSSR count). The molecule has 1 unspecified atom stereocenters. The molecular weight excluding hydrogens is 220 g/mol. The summed E-state index contributed by atoms with van der Waals surface area (Å²) in [6.07, 6.45) is 3.68.